The van der Waals surface area contributed by atoms with Crippen LogP contribution in [-0.2, 0) is 16.0 Å². The minimum absolute atomic E-state index is 0.142. The predicted octanol–water partition coefficient (Wildman–Crippen LogP) is 2.43. The average molecular weight is 405 g/mol. The molecule has 1 spiro atoms. The average Bonchev–Trinajstić information content (AvgIpc) is 3.31. The number of halogens is 1. The van der Waals surface area contributed by atoms with E-state index in [1.165, 1.54) is 17.4 Å². The Labute approximate surface area is 167 Å². The van der Waals surface area contributed by atoms with Crippen LogP contribution in [0.3, 0.4) is 0 Å². The summed E-state index contributed by atoms with van der Waals surface area (Å²) in [5.74, 6) is -0.381. The molecule has 4 rings (SSSR count). The summed E-state index contributed by atoms with van der Waals surface area (Å²) in [6.07, 6.45) is 4.04. The molecule has 6 nitrogen and oxygen atoms in total. The molecule has 2 fully saturated rings. The van der Waals surface area contributed by atoms with Gasteiger partial charge in [-0.25, -0.2) is 9.37 Å². The van der Waals surface area contributed by atoms with E-state index in [-0.39, 0.29) is 18.3 Å². The van der Waals surface area contributed by atoms with Crippen molar-refractivity contribution < 1.29 is 19.0 Å². The Morgan fingerprint density at radius 3 is 3.11 bits per heavy atom. The molecule has 2 N–H and O–H groups in total. The van der Waals surface area contributed by atoms with Gasteiger partial charge in [0.05, 0.1) is 12.6 Å². The number of aliphatic hydroxyl groups is 1. The molecule has 8 heteroatoms. The summed E-state index contributed by atoms with van der Waals surface area (Å²) in [4.78, 5) is 19.6. The van der Waals surface area contributed by atoms with Crippen LogP contribution in [0, 0.1) is 5.82 Å². The van der Waals surface area contributed by atoms with Gasteiger partial charge in [-0.1, -0.05) is 18.2 Å². The summed E-state index contributed by atoms with van der Waals surface area (Å²) in [5, 5.41) is 13.6. The molecule has 2 atom stereocenters. The first-order valence-corrected chi connectivity index (χ1v) is 10.4. The maximum Gasteiger partial charge on any atom is 0.240 e. The second-order valence-electron chi connectivity index (χ2n) is 7.48. The van der Waals surface area contributed by atoms with Crippen molar-refractivity contribution in [1.82, 2.24) is 9.88 Å². The first kappa shape index (κ1) is 19.4. The molecule has 0 saturated carbocycles. The lowest BCUT2D eigenvalue weighted by atomic mass is 9.87. The van der Waals surface area contributed by atoms with Gasteiger partial charge in [-0.2, -0.15) is 0 Å². The maximum atomic E-state index is 13.8. The molecule has 0 bridgehead atoms. The number of rotatable bonds is 5. The fraction of sp³-hybridized carbons (Fsp3) is 0.500. The zero-order valence-corrected chi connectivity index (χ0v) is 16.4. The summed E-state index contributed by atoms with van der Waals surface area (Å²) in [6.45, 7) is 2.13. The van der Waals surface area contributed by atoms with Crippen molar-refractivity contribution >= 4 is 22.4 Å². The summed E-state index contributed by atoms with van der Waals surface area (Å²) in [6, 6.07) is 6.66. The molecule has 28 heavy (non-hydrogen) atoms. The first-order chi connectivity index (χ1) is 13.5. The summed E-state index contributed by atoms with van der Waals surface area (Å²) < 4.78 is 19.6. The number of benzene rings is 1. The molecule has 3 heterocycles. The van der Waals surface area contributed by atoms with Crippen molar-refractivity contribution in [3.05, 3.63) is 46.7 Å². The van der Waals surface area contributed by atoms with Crippen molar-refractivity contribution in [3.8, 4) is 0 Å². The number of aromatic nitrogens is 1. The van der Waals surface area contributed by atoms with Crippen molar-refractivity contribution in [2.45, 2.75) is 37.4 Å². The van der Waals surface area contributed by atoms with Crippen LogP contribution < -0.4 is 5.32 Å². The zero-order chi connectivity index (χ0) is 19.6. The van der Waals surface area contributed by atoms with E-state index in [1.807, 2.05) is 4.90 Å². The molecule has 2 aromatic rings. The lowest BCUT2D eigenvalue weighted by Crippen LogP contribution is -2.57. The Balaban J connectivity index is 1.32. The highest BCUT2D eigenvalue weighted by Crippen LogP contribution is 2.34. The Morgan fingerprint density at radius 1 is 1.46 bits per heavy atom. The maximum absolute atomic E-state index is 13.8. The Morgan fingerprint density at radius 2 is 2.32 bits per heavy atom. The summed E-state index contributed by atoms with van der Waals surface area (Å²) >= 11 is 1.35. The number of carbonyl (C=O) groups excluding carboxylic acids is 1. The van der Waals surface area contributed by atoms with Gasteiger partial charge in [0.1, 0.15) is 11.4 Å². The SMILES string of the molecule is O=C(CN1CC[C@H](O)[C@]2(CCCO2)C1)Nc1ncc(Cc2ccccc2F)s1. The number of piperidine rings is 1. The molecule has 2 saturated heterocycles. The number of hydrogen-bond acceptors (Lipinski definition) is 6. The van der Waals surface area contributed by atoms with Crippen LogP contribution in [0.15, 0.2) is 30.5 Å². The standard InChI is InChI=1S/C20H24FN3O3S/c21-16-5-2-1-4-14(16)10-15-11-22-19(28-15)23-18(26)12-24-8-6-17(25)20(13-24)7-3-9-27-20/h1-2,4-5,11,17,25H,3,6-10,12-13H2,(H,22,23,26)/t17-,20-/m0/s1. The number of nitrogens with one attached hydrogen (secondary N) is 1. The van der Waals surface area contributed by atoms with Gasteiger partial charge in [0.25, 0.3) is 0 Å². The number of likely N-dealkylation sites (tertiary alicyclic amines) is 1. The van der Waals surface area contributed by atoms with Gasteiger partial charge in [-0.05, 0) is 30.9 Å². The van der Waals surface area contributed by atoms with Crippen LogP contribution in [0.5, 0.6) is 0 Å². The van der Waals surface area contributed by atoms with E-state index in [0.29, 0.717) is 43.2 Å². The number of hydrogen-bond donors (Lipinski definition) is 2. The van der Waals surface area contributed by atoms with Crippen LogP contribution in [0.2, 0.25) is 0 Å². The Hall–Kier alpha value is -1.87. The number of thiazole rings is 1. The zero-order valence-electron chi connectivity index (χ0n) is 15.6. The fourth-order valence-corrected chi connectivity index (χ4v) is 4.86. The highest BCUT2D eigenvalue weighted by molar-refractivity contribution is 7.15. The highest BCUT2D eigenvalue weighted by Gasteiger charge is 2.46. The third-order valence-electron chi connectivity index (χ3n) is 5.44. The molecule has 150 valence electrons. The highest BCUT2D eigenvalue weighted by atomic mass is 32.1. The fourth-order valence-electron chi connectivity index (χ4n) is 4.01. The van der Waals surface area contributed by atoms with E-state index in [1.54, 1.807) is 24.4 Å². The van der Waals surface area contributed by atoms with Gasteiger partial charge in [0.2, 0.25) is 5.91 Å². The molecule has 1 aromatic heterocycles. The van der Waals surface area contributed by atoms with Crippen molar-refractivity contribution in [2.24, 2.45) is 0 Å². The number of aliphatic hydroxyl groups excluding tert-OH is 1. The van der Waals surface area contributed by atoms with E-state index < -0.39 is 11.7 Å². The topological polar surface area (TPSA) is 74.7 Å². The lowest BCUT2D eigenvalue weighted by molar-refractivity contribution is -0.137. The molecule has 0 unspecified atom stereocenters. The first-order valence-electron chi connectivity index (χ1n) is 9.56. The minimum Gasteiger partial charge on any atom is -0.390 e. The number of nitrogens with zero attached hydrogens (tertiary/aromatic N) is 2. The third-order valence-corrected chi connectivity index (χ3v) is 6.35. The number of ether oxygens (including phenoxy) is 1. The second-order valence-corrected chi connectivity index (χ2v) is 8.60. The van der Waals surface area contributed by atoms with E-state index in [0.717, 1.165) is 17.7 Å². The quantitative estimate of drug-likeness (QED) is 0.799. The van der Waals surface area contributed by atoms with E-state index in [2.05, 4.69) is 10.3 Å². The number of amides is 1. The number of carbonyl (C=O) groups is 1. The summed E-state index contributed by atoms with van der Waals surface area (Å²) in [5.41, 5.74) is 0.0878. The van der Waals surface area contributed by atoms with E-state index in [4.69, 9.17) is 4.74 Å². The molecule has 1 amide bonds. The molecule has 0 radical (unpaired) electrons. The number of anilines is 1. The van der Waals surface area contributed by atoms with Crippen molar-refractivity contribution in [2.75, 3.05) is 31.6 Å². The third kappa shape index (κ3) is 4.25. The van der Waals surface area contributed by atoms with E-state index >= 15 is 0 Å². The molecule has 0 aliphatic carbocycles. The van der Waals surface area contributed by atoms with E-state index in [9.17, 15) is 14.3 Å². The van der Waals surface area contributed by atoms with Gasteiger partial charge >= 0.3 is 0 Å². The largest absolute Gasteiger partial charge is 0.390 e. The van der Waals surface area contributed by atoms with Gasteiger partial charge < -0.3 is 15.2 Å². The summed E-state index contributed by atoms with van der Waals surface area (Å²) in [7, 11) is 0. The van der Waals surface area contributed by atoms with Crippen LogP contribution in [-0.4, -0.2) is 58.8 Å². The molecule has 2 aliphatic heterocycles. The lowest BCUT2D eigenvalue weighted by Gasteiger charge is -2.42. The minimum atomic E-state index is -0.521. The molecule has 1 aromatic carbocycles. The Bertz CT molecular complexity index is 838. The van der Waals surface area contributed by atoms with Crippen LogP contribution >= 0.6 is 11.3 Å². The predicted molar refractivity (Wildman–Crippen MR) is 105 cm³/mol. The normalized spacial score (nSPS) is 25.3. The Kier molecular flexibility index (Phi) is 5.73. The van der Waals surface area contributed by atoms with Crippen LogP contribution in [0.1, 0.15) is 29.7 Å². The molecule has 2 aliphatic rings. The van der Waals surface area contributed by atoms with Crippen molar-refractivity contribution in [3.63, 3.8) is 0 Å². The molecular weight excluding hydrogens is 381 g/mol. The monoisotopic (exact) mass is 405 g/mol. The van der Waals surface area contributed by atoms with Gasteiger partial charge in [0, 0.05) is 37.2 Å². The molecular formula is C20H24FN3O3S. The van der Waals surface area contributed by atoms with Crippen molar-refractivity contribution in [1.29, 1.82) is 0 Å². The second kappa shape index (κ2) is 8.24. The van der Waals surface area contributed by atoms with Gasteiger partial charge in [0.15, 0.2) is 5.13 Å². The van der Waals surface area contributed by atoms with Crippen LogP contribution in [0.25, 0.3) is 0 Å². The van der Waals surface area contributed by atoms with Gasteiger partial charge in [-0.3, -0.25) is 9.69 Å². The van der Waals surface area contributed by atoms with Gasteiger partial charge in [-0.15, -0.1) is 11.3 Å². The van der Waals surface area contributed by atoms with Crippen LogP contribution in [0.4, 0.5) is 9.52 Å². The smallest absolute Gasteiger partial charge is 0.240 e.